The predicted octanol–water partition coefficient (Wildman–Crippen LogP) is 11.4. The van der Waals surface area contributed by atoms with E-state index in [2.05, 4.69) is 155 Å². The van der Waals surface area contributed by atoms with Crippen molar-refractivity contribution in [3.8, 4) is 0 Å². The smallest absolute Gasteiger partial charge is 0.158 e. The Balaban J connectivity index is 1.41. The van der Waals surface area contributed by atoms with Crippen LogP contribution in [0.25, 0.3) is 21.9 Å². The van der Waals surface area contributed by atoms with Crippen LogP contribution in [-0.2, 0) is 10.8 Å². The Morgan fingerprint density at radius 2 is 1.10 bits per heavy atom. The Labute approximate surface area is 243 Å². The van der Waals surface area contributed by atoms with Crippen molar-refractivity contribution in [3.05, 3.63) is 126 Å². The number of fused-ring (bicyclic) bond motifs is 3. The molecule has 0 saturated carbocycles. The molecular weight excluding hydrogens is 500 g/mol. The molecule has 0 saturated heterocycles. The zero-order valence-corrected chi connectivity index (χ0v) is 24.8. The van der Waals surface area contributed by atoms with E-state index >= 15 is 0 Å². The third kappa shape index (κ3) is 5.32. The Morgan fingerprint density at radius 3 is 1.71 bits per heavy atom. The van der Waals surface area contributed by atoms with E-state index in [0.717, 1.165) is 50.4 Å². The number of rotatable bonds is 5. The van der Waals surface area contributed by atoms with Gasteiger partial charge in [0, 0.05) is 33.5 Å². The first-order valence-corrected chi connectivity index (χ1v) is 14.4. The lowest BCUT2D eigenvalue weighted by Crippen LogP contribution is -2.14. The first-order chi connectivity index (χ1) is 19.6. The zero-order valence-electron chi connectivity index (χ0n) is 24.8. The second kappa shape index (κ2) is 10.2. The van der Waals surface area contributed by atoms with Crippen molar-refractivity contribution in [2.24, 2.45) is 0 Å². The standard InChI is InChI=1S/C38H38N2O/c1-37(2,3)26-17-21-29(22-18-26)40(30-23-19-27(20-24-30)38(4,5)6)31-12-9-11-28(25-31)39-34-15-10-14-33-32-13-7-8-16-35(32)41-36(33)34/h7-25,39H,1-6H3. The molecule has 0 spiro atoms. The highest BCUT2D eigenvalue weighted by Gasteiger charge is 2.19. The fourth-order valence-electron chi connectivity index (χ4n) is 5.39. The maximum atomic E-state index is 6.28. The average Bonchev–Trinajstić information content (AvgIpc) is 3.33. The highest BCUT2D eigenvalue weighted by atomic mass is 16.3. The number of para-hydroxylation sites is 2. The van der Waals surface area contributed by atoms with Crippen molar-refractivity contribution in [1.29, 1.82) is 0 Å². The van der Waals surface area contributed by atoms with Crippen LogP contribution >= 0.6 is 0 Å². The van der Waals surface area contributed by atoms with Crippen LogP contribution in [0.4, 0.5) is 28.4 Å². The van der Waals surface area contributed by atoms with Gasteiger partial charge in [-0.05, 0) is 76.6 Å². The minimum atomic E-state index is 0.0965. The lowest BCUT2D eigenvalue weighted by molar-refractivity contribution is 0.590. The zero-order chi connectivity index (χ0) is 28.8. The van der Waals surface area contributed by atoms with Gasteiger partial charge in [-0.1, -0.05) is 102 Å². The topological polar surface area (TPSA) is 28.4 Å². The molecule has 0 fully saturated rings. The second-order valence-electron chi connectivity index (χ2n) is 12.9. The Morgan fingerprint density at radius 1 is 0.537 bits per heavy atom. The van der Waals surface area contributed by atoms with E-state index in [0.29, 0.717) is 0 Å². The lowest BCUT2D eigenvalue weighted by Gasteiger charge is -2.28. The van der Waals surface area contributed by atoms with Crippen molar-refractivity contribution in [1.82, 2.24) is 0 Å². The molecule has 6 aromatic rings. The fourth-order valence-corrected chi connectivity index (χ4v) is 5.39. The van der Waals surface area contributed by atoms with Gasteiger partial charge in [-0.3, -0.25) is 0 Å². The van der Waals surface area contributed by atoms with Gasteiger partial charge in [0.2, 0.25) is 0 Å². The molecule has 6 rings (SSSR count). The highest BCUT2D eigenvalue weighted by molar-refractivity contribution is 6.09. The van der Waals surface area contributed by atoms with E-state index in [9.17, 15) is 0 Å². The van der Waals surface area contributed by atoms with E-state index in [1.165, 1.54) is 11.1 Å². The van der Waals surface area contributed by atoms with Gasteiger partial charge in [0.05, 0.1) is 5.69 Å². The molecule has 0 unspecified atom stereocenters. The van der Waals surface area contributed by atoms with Gasteiger partial charge >= 0.3 is 0 Å². The molecule has 206 valence electrons. The maximum absolute atomic E-state index is 6.28. The minimum absolute atomic E-state index is 0.0965. The van der Waals surface area contributed by atoms with Crippen molar-refractivity contribution in [3.63, 3.8) is 0 Å². The maximum Gasteiger partial charge on any atom is 0.158 e. The first kappa shape index (κ1) is 26.7. The van der Waals surface area contributed by atoms with E-state index in [-0.39, 0.29) is 10.8 Å². The Hall–Kier alpha value is -4.50. The third-order valence-electron chi connectivity index (χ3n) is 7.77. The van der Waals surface area contributed by atoms with Crippen LogP contribution < -0.4 is 10.2 Å². The number of nitrogens with zero attached hydrogens (tertiary/aromatic N) is 1. The van der Waals surface area contributed by atoms with Gasteiger partial charge in [-0.15, -0.1) is 0 Å². The van der Waals surface area contributed by atoms with E-state index in [1.807, 2.05) is 12.1 Å². The summed E-state index contributed by atoms with van der Waals surface area (Å²) >= 11 is 0. The van der Waals surface area contributed by atoms with Crippen molar-refractivity contribution in [2.75, 3.05) is 10.2 Å². The number of benzene rings is 5. The first-order valence-electron chi connectivity index (χ1n) is 14.4. The summed E-state index contributed by atoms with van der Waals surface area (Å²) in [5, 5.41) is 5.88. The number of nitrogens with one attached hydrogen (secondary N) is 1. The quantitative estimate of drug-likeness (QED) is 0.237. The molecule has 5 aromatic carbocycles. The van der Waals surface area contributed by atoms with Gasteiger partial charge in [0.25, 0.3) is 0 Å². The van der Waals surface area contributed by atoms with Crippen LogP contribution in [0.15, 0.2) is 120 Å². The molecule has 0 amide bonds. The summed E-state index contributed by atoms with van der Waals surface area (Å²) in [7, 11) is 0. The molecule has 3 nitrogen and oxygen atoms in total. The molecular formula is C38H38N2O. The van der Waals surface area contributed by atoms with E-state index in [4.69, 9.17) is 4.42 Å². The molecule has 41 heavy (non-hydrogen) atoms. The molecule has 1 N–H and O–H groups in total. The monoisotopic (exact) mass is 538 g/mol. The molecule has 3 heteroatoms. The fraction of sp³-hybridized carbons (Fsp3) is 0.211. The normalized spacial score (nSPS) is 12.1. The van der Waals surface area contributed by atoms with Crippen LogP contribution in [0.5, 0.6) is 0 Å². The molecule has 0 aliphatic heterocycles. The van der Waals surface area contributed by atoms with Gasteiger partial charge in [-0.25, -0.2) is 0 Å². The molecule has 1 heterocycles. The number of hydrogen-bond donors (Lipinski definition) is 1. The van der Waals surface area contributed by atoms with Crippen LogP contribution in [0.3, 0.4) is 0 Å². The summed E-state index contributed by atoms with van der Waals surface area (Å²) in [6.07, 6.45) is 0. The van der Waals surface area contributed by atoms with Crippen LogP contribution in [0, 0.1) is 0 Å². The Kier molecular flexibility index (Phi) is 6.62. The van der Waals surface area contributed by atoms with Gasteiger partial charge in [-0.2, -0.15) is 0 Å². The Bertz CT molecular complexity index is 1760. The number of furan rings is 1. The van der Waals surface area contributed by atoms with Crippen molar-refractivity contribution >= 4 is 50.4 Å². The van der Waals surface area contributed by atoms with E-state index < -0.39 is 0 Å². The number of hydrogen-bond acceptors (Lipinski definition) is 3. The third-order valence-corrected chi connectivity index (χ3v) is 7.77. The highest BCUT2D eigenvalue weighted by Crippen LogP contribution is 2.39. The van der Waals surface area contributed by atoms with E-state index in [1.54, 1.807) is 0 Å². The van der Waals surface area contributed by atoms with Crippen LogP contribution in [0.2, 0.25) is 0 Å². The predicted molar refractivity (Wildman–Crippen MR) is 176 cm³/mol. The van der Waals surface area contributed by atoms with Gasteiger partial charge in [0.15, 0.2) is 5.58 Å². The molecule has 0 aliphatic rings. The summed E-state index contributed by atoms with van der Waals surface area (Å²) in [5.74, 6) is 0. The summed E-state index contributed by atoms with van der Waals surface area (Å²) in [5.41, 5.74) is 9.87. The van der Waals surface area contributed by atoms with Crippen molar-refractivity contribution in [2.45, 2.75) is 52.4 Å². The molecule has 0 aliphatic carbocycles. The molecule has 1 aromatic heterocycles. The lowest BCUT2D eigenvalue weighted by atomic mass is 9.86. The molecule has 0 bridgehead atoms. The SMILES string of the molecule is CC(C)(C)c1ccc(N(c2ccc(C(C)(C)C)cc2)c2cccc(Nc3cccc4c3oc3ccccc34)c2)cc1. The van der Waals surface area contributed by atoms with Gasteiger partial charge < -0.3 is 14.6 Å². The van der Waals surface area contributed by atoms with Crippen molar-refractivity contribution < 1.29 is 4.42 Å². The van der Waals surface area contributed by atoms with Crippen LogP contribution in [0.1, 0.15) is 52.7 Å². The summed E-state index contributed by atoms with van der Waals surface area (Å²) in [6.45, 7) is 13.5. The average molecular weight is 539 g/mol. The van der Waals surface area contributed by atoms with Crippen LogP contribution in [-0.4, -0.2) is 0 Å². The van der Waals surface area contributed by atoms with Gasteiger partial charge in [0.1, 0.15) is 5.58 Å². The summed E-state index contributed by atoms with van der Waals surface area (Å²) in [4.78, 5) is 2.33. The summed E-state index contributed by atoms with van der Waals surface area (Å²) < 4.78 is 6.28. The second-order valence-corrected chi connectivity index (χ2v) is 12.9. The largest absolute Gasteiger partial charge is 0.454 e. The minimum Gasteiger partial charge on any atom is -0.454 e. The summed E-state index contributed by atoms with van der Waals surface area (Å²) in [6, 6.07) is 41.0. The number of anilines is 5. The molecule has 0 atom stereocenters. The molecule has 0 radical (unpaired) electrons.